The molecular formula is C13H10N2O4S. The molecule has 2 heterocycles. The number of nitrogen functional groups attached to an aromatic ring is 1. The van der Waals surface area contributed by atoms with Crippen LogP contribution in [-0.2, 0) is 0 Å². The monoisotopic (exact) mass is 290 g/mol. The Bertz CT molecular complexity index is 857. The summed E-state index contributed by atoms with van der Waals surface area (Å²) in [6.07, 6.45) is 1.52. The lowest BCUT2D eigenvalue weighted by Crippen LogP contribution is -1.97. The number of aromatic nitrogens is 1. The highest BCUT2D eigenvalue weighted by Gasteiger charge is 2.18. The molecule has 4 N–H and O–H groups in total. The summed E-state index contributed by atoms with van der Waals surface area (Å²) >= 11 is 1.08. The van der Waals surface area contributed by atoms with Crippen molar-refractivity contribution in [1.82, 2.24) is 4.98 Å². The van der Waals surface area contributed by atoms with Crippen LogP contribution in [0, 0.1) is 0 Å². The largest absolute Gasteiger partial charge is 0.504 e. The molecule has 2 aromatic heterocycles. The molecule has 0 bridgehead atoms. The second-order valence-electron chi connectivity index (χ2n) is 4.19. The Morgan fingerprint density at radius 3 is 2.80 bits per heavy atom. The van der Waals surface area contributed by atoms with Crippen LogP contribution in [-0.4, -0.2) is 28.3 Å². The van der Waals surface area contributed by atoms with Crippen molar-refractivity contribution in [2.45, 2.75) is 0 Å². The zero-order chi connectivity index (χ0) is 14.4. The molecule has 0 unspecified atom stereocenters. The first-order valence-corrected chi connectivity index (χ1v) is 6.45. The molecule has 102 valence electrons. The summed E-state index contributed by atoms with van der Waals surface area (Å²) in [6.45, 7) is 0. The lowest BCUT2D eigenvalue weighted by atomic mass is 10.1. The molecule has 0 saturated carbocycles. The van der Waals surface area contributed by atoms with Crippen molar-refractivity contribution in [1.29, 1.82) is 0 Å². The average molecular weight is 290 g/mol. The first kappa shape index (κ1) is 12.5. The summed E-state index contributed by atoms with van der Waals surface area (Å²) in [5.41, 5.74) is 6.60. The van der Waals surface area contributed by atoms with Gasteiger partial charge in [-0.2, -0.15) is 0 Å². The van der Waals surface area contributed by atoms with Crippen molar-refractivity contribution in [2.75, 3.05) is 12.8 Å². The maximum atomic E-state index is 11.2. The summed E-state index contributed by atoms with van der Waals surface area (Å²) in [6, 6.07) is 3.10. The Morgan fingerprint density at radius 2 is 2.15 bits per heavy atom. The first-order valence-electron chi connectivity index (χ1n) is 5.64. The molecule has 3 rings (SSSR count). The number of aromatic hydroxyl groups is 1. The minimum absolute atomic E-state index is 0.0187. The second kappa shape index (κ2) is 4.24. The van der Waals surface area contributed by atoms with E-state index in [2.05, 4.69) is 4.98 Å². The third-order valence-electron chi connectivity index (χ3n) is 3.05. The third-order valence-corrected chi connectivity index (χ3v) is 4.29. The number of thiophene rings is 1. The highest BCUT2D eigenvalue weighted by atomic mass is 32.1. The molecule has 0 aliphatic heterocycles. The van der Waals surface area contributed by atoms with Gasteiger partial charge in [-0.1, -0.05) is 0 Å². The molecule has 0 fully saturated rings. The number of phenolic OH excluding ortho intramolecular Hbond substituents is 1. The fourth-order valence-corrected chi connectivity index (χ4v) is 3.14. The van der Waals surface area contributed by atoms with Gasteiger partial charge in [0.05, 0.1) is 18.3 Å². The van der Waals surface area contributed by atoms with Crippen molar-refractivity contribution in [3.05, 3.63) is 23.2 Å². The van der Waals surface area contributed by atoms with Gasteiger partial charge in [0.2, 0.25) is 0 Å². The number of nitrogens with two attached hydrogens (primary N) is 1. The molecular weight excluding hydrogens is 280 g/mol. The molecule has 0 atom stereocenters. The second-order valence-corrected chi connectivity index (χ2v) is 5.21. The number of rotatable bonds is 2. The quantitative estimate of drug-likeness (QED) is 0.669. The summed E-state index contributed by atoms with van der Waals surface area (Å²) < 4.78 is 5.78. The summed E-state index contributed by atoms with van der Waals surface area (Å²) in [7, 11) is 1.44. The zero-order valence-corrected chi connectivity index (χ0v) is 11.2. The number of hydrogen-bond donors (Lipinski definition) is 3. The van der Waals surface area contributed by atoms with Crippen LogP contribution >= 0.6 is 11.3 Å². The van der Waals surface area contributed by atoms with Crippen LogP contribution < -0.4 is 10.5 Å². The van der Waals surface area contributed by atoms with E-state index in [1.54, 1.807) is 6.07 Å². The highest BCUT2D eigenvalue weighted by molar-refractivity contribution is 7.22. The van der Waals surface area contributed by atoms with E-state index in [-0.39, 0.29) is 16.3 Å². The van der Waals surface area contributed by atoms with Crippen LogP contribution in [0.3, 0.4) is 0 Å². The van der Waals surface area contributed by atoms with Gasteiger partial charge in [-0.15, -0.1) is 11.3 Å². The van der Waals surface area contributed by atoms with E-state index in [0.29, 0.717) is 26.7 Å². The van der Waals surface area contributed by atoms with Gasteiger partial charge < -0.3 is 20.7 Å². The fraction of sp³-hybridized carbons (Fsp3) is 0.0769. The number of carboxylic acid groups (broad SMARTS) is 1. The highest BCUT2D eigenvalue weighted by Crippen LogP contribution is 2.40. The minimum atomic E-state index is -1.07. The first-order chi connectivity index (χ1) is 9.52. The Hall–Kier alpha value is -2.54. The molecule has 0 spiro atoms. The number of phenols is 1. The Labute approximate surface area is 117 Å². The van der Waals surface area contributed by atoms with Crippen molar-refractivity contribution in [3.63, 3.8) is 0 Å². The van der Waals surface area contributed by atoms with Crippen molar-refractivity contribution in [2.24, 2.45) is 0 Å². The van der Waals surface area contributed by atoms with Gasteiger partial charge in [-0.25, -0.2) is 4.79 Å². The Kier molecular flexibility index (Phi) is 2.65. The van der Waals surface area contributed by atoms with Crippen molar-refractivity contribution in [3.8, 4) is 11.5 Å². The number of anilines is 1. The molecule has 7 heteroatoms. The Morgan fingerprint density at radius 1 is 1.40 bits per heavy atom. The van der Waals surface area contributed by atoms with Gasteiger partial charge in [0.15, 0.2) is 11.5 Å². The van der Waals surface area contributed by atoms with Gasteiger partial charge in [-0.3, -0.25) is 4.98 Å². The molecule has 0 saturated heterocycles. The molecule has 1 aromatic carbocycles. The molecule has 0 aliphatic rings. The molecule has 6 nitrogen and oxygen atoms in total. The SMILES string of the molecule is COc1cc2c(cc1O)ncc1c(N)c(C(=O)O)sc12. The van der Waals surface area contributed by atoms with Crippen LogP contribution in [0.4, 0.5) is 5.69 Å². The van der Waals surface area contributed by atoms with Gasteiger partial charge in [0.25, 0.3) is 0 Å². The number of carboxylic acids is 1. The molecule has 3 aromatic rings. The number of ether oxygens (including phenoxy) is 1. The van der Waals surface area contributed by atoms with E-state index >= 15 is 0 Å². The van der Waals surface area contributed by atoms with E-state index in [9.17, 15) is 9.90 Å². The number of methoxy groups -OCH3 is 1. The topological polar surface area (TPSA) is 106 Å². The van der Waals surface area contributed by atoms with Crippen LogP contribution in [0.2, 0.25) is 0 Å². The summed E-state index contributed by atoms with van der Waals surface area (Å²) in [4.78, 5) is 15.4. The van der Waals surface area contributed by atoms with Crippen LogP contribution in [0.1, 0.15) is 9.67 Å². The number of aromatic carboxylic acids is 1. The van der Waals surface area contributed by atoms with E-state index in [1.165, 1.54) is 19.4 Å². The lowest BCUT2D eigenvalue weighted by Gasteiger charge is -2.05. The number of nitrogens with zero attached hydrogens (tertiary/aromatic N) is 1. The number of pyridine rings is 1. The number of fused-ring (bicyclic) bond motifs is 3. The van der Waals surface area contributed by atoms with E-state index < -0.39 is 5.97 Å². The number of carbonyl (C=O) groups is 1. The molecule has 0 amide bonds. The third kappa shape index (κ3) is 1.64. The molecule has 0 aliphatic carbocycles. The van der Waals surface area contributed by atoms with Crippen LogP contribution in [0.25, 0.3) is 21.0 Å². The van der Waals surface area contributed by atoms with Crippen LogP contribution in [0.15, 0.2) is 18.3 Å². The van der Waals surface area contributed by atoms with E-state index in [4.69, 9.17) is 15.6 Å². The van der Waals surface area contributed by atoms with Gasteiger partial charge in [0, 0.05) is 27.7 Å². The summed E-state index contributed by atoms with van der Waals surface area (Å²) in [5.74, 6) is -0.784. The zero-order valence-electron chi connectivity index (χ0n) is 10.4. The van der Waals surface area contributed by atoms with Crippen molar-refractivity contribution >= 4 is 44.0 Å². The van der Waals surface area contributed by atoms with Gasteiger partial charge in [-0.05, 0) is 6.07 Å². The predicted octanol–water partition coefficient (Wildman–Crippen LogP) is 2.44. The number of benzene rings is 1. The standard InChI is InChI=1S/C13H10N2O4S/c1-19-9-2-5-7(3-8(9)16)15-4-6-10(14)12(13(17)18)20-11(5)6/h2-4,16H,14H2,1H3,(H,17,18). The summed E-state index contributed by atoms with van der Waals surface area (Å²) in [5, 5.41) is 20.2. The molecule has 0 radical (unpaired) electrons. The average Bonchev–Trinajstić information content (AvgIpc) is 2.75. The minimum Gasteiger partial charge on any atom is -0.504 e. The van der Waals surface area contributed by atoms with Crippen LogP contribution in [0.5, 0.6) is 11.5 Å². The van der Waals surface area contributed by atoms with E-state index in [1.807, 2.05) is 0 Å². The predicted molar refractivity (Wildman–Crippen MR) is 76.7 cm³/mol. The maximum Gasteiger partial charge on any atom is 0.348 e. The normalized spacial score (nSPS) is 11.1. The Balaban J connectivity index is 2.45. The molecule has 20 heavy (non-hydrogen) atoms. The van der Waals surface area contributed by atoms with Crippen molar-refractivity contribution < 1.29 is 19.7 Å². The number of hydrogen-bond acceptors (Lipinski definition) is 6. The lowest BCUT2D eigenvalue weighted by molar-refractivity contribution is 0.0703. The fourth-order valence-electron chi connectivity index (χ4n) is 2.09. The van der Waals surface area contributed by atoms with Gasteiger partial charge in [0.1, 0.15) is 4.88 Å². The van der Waals surface area contributed by atoms with Gasteiger partial charge >= 0.3 is 5.97 Å². The smallest absolute Gasteiger partial charge is 0.348 e. The van der Waals surface area contributed by atoms with E-state index in [0.717, 1.165) is 11.3 Å². The maximum absolute atomic E-state index is 11.2.